The number of rotatable bonds is 4. The lowest BCUT2D eigenvalue weighted by Gasteiger charge is -2.36. The number of aliphatic hydroxyl groups is 3. The van der Waals surface area contributed by atoms with Crippen molar-refractivity contribution in [2.45, 2.75) is 69.9 Å². The molecule has 0 radical (unpaired) electrons. The molecule has 1 saturated heterocycles. The van der Waals surface area contributed by atoms with Crippen LogP contribution in [-0.4, -0.2) is 74.0 Å². The second-order valence-electron chi connectivity index (χ2n) is 6.64. The van der Waals surface area contributed by atoms with Crippen LogP contribution in [0.4, 0.5) is 4.79 Å². The van der Waals surface area contributed by atoms with Crippen molar-refractivity contribution >= 4 is 23.0 Å². The van der Waals surface area contributed by atoms with E-state index in [1.807, 2.05) is 6.92 Å². The zero-order valence-corrected chi connectivity index (χ0v) is 15.4. The Labute approximate surface area is 146 Å². The van der Waals surface area contributed by atoms with Gasteiger partial charge >= 0.3 is 6.09 Å². The van der Waals surface area contributed by atoms with Gasteiger partial charge in [-0.05, 0) is 27.2 Å². The third-order valence-electron chi connectivity index (χ3n) is 3.26. The lowest BCUT2D eigenvalue weighted by Crippen LogP contribution is -2.50. The molecule has 1 rings (SSSR count). The lowest BCUT2D eigenvalue weighted by atomic mass is 10.0. The summed E-state index contributed by atoms with van der Waals surface area (Å²) in [6, 6.07) is 0. The first-order valence-corrected chi connectivity index (χ1v) is 8.85. The van der Waals surface area contributed by atoms with Gasteiger partial charge in [0.15, 0.2) is 5.17 Å². The predicted octanol–water partition coefficient (Wildman–Crippen LogP) is 1.13. The Morgan fingerprint density at radius 3 is 2.54 bits per heavy atom. The highest BCUT2D eigenvalue weighted by Crippen LogP contribution is 2.29. The van der Waals surface area contributed by atoms with Gasteiger partial charge in [-0.25, -0.2) is 4.79 Å². The molecule has 1 heterocycles. The molecule has 9 heteroatoms. The number of carbonyl (C=O) groups excluding carboxylic acids is 1. The van der Waals surface area contributed by atoms with Crippen LogP contribution in [0.25, 0.3) is 0 Å². The number of thioether (sulfide) groups is 1. The van der Waals surface area contributed by atoms with Crippen molar-refractivity contribution in [3.05, 3.63) is 0 Å². The molecule has 1 aliphatic rings. The molecule has 0 aromatic rings. The Bertz CT molecular complexity index is 442. The summed E-state index contributed by atoms with van der Waals surface area (Å²) in [6.07, 6.45) is -3.01. The molecular formula is C15H28N2O6S. The van der Waals surface area contributed by atoms with E-state index >= 15 is 0 Å². The third kappa shape index (κ3) is 6.21. The molecule has 4 atom stereocenters. The number of amides is 1. The number of aliphatic hydroxyl groups excluding tert-OH is 3. The standard InChI is InChI=1S/C15H28N2O6S/c1-5-6-17(14(21)23-15(2,3)4)13(16)24-11-7-9(19)12(20)10(8-18)22-11/h9-12,16,18-20H,5-8H2,1-4H3. The van der Waals surface area contributed by atoms with Crippen molar-refractivity contribution in [1.29, 1.82) is 5.41 Å². The average molecular weight is 364 g/mol. The van der Waals surface area contributed by atoms with Gasteiger partial charge in [-0.2, -0.15) is 0 Å². The quantitative estimate of drug-likeness (QED) is 0.435. The maximum Gasteiger partial charge on any atom is 0.416 e. The highest BCUT2D eigenvalue weighted by molar-refractivity contribution is 8.14. The largest absolute Gasteiger partial charge is 0.443 e. The minimum atomic E-state index is -1.17. The molecule has 0 bridgehead atoms. The van der Waals surface area contributed by atoms with Crippen LogP contribution in [0.5, 0.6) is 0 Å². The van der Waals surface area contributed by atoms with Gasteiger partial charge in [0.2, 0.25) is 0 Å². The van der Waals surface area contributed by atoms with E-state index in [-0.39, 0.29) is 11.6 Å². The minimum absolute atomic E-state index is 0.0589. The fourth-order valence-electron chi connectivity index (χ4n) is 2.15. The Morgan fingerprint density at radius 1 is 1.42 bits per heavy atom. The summed E-state index contributed by atoms with van der Waals surface area (Å²) in [5.41, 5.74) is -1.31. The number of amidine groups is 1. The van der Waals surface area contributed by atoms with Crippen LogP contribution >= 0.6 is 11.8 Å². The maximum absolute atomic E-state index is 12.2. The molecular weight excluding hydrogens is 336 g/mol. The zero-order chi connectivity index (χ0) is 18.5. The minimum Gasteiger partial charge on any atom is -0.443 e. The molecule has 1 fully saturated rings. The summed E-state index contributed by atoms with van der Waals surface area (Å²) in [5.74, 6) is 0. The van der Waals surface area contributed by atoms with Crippen LogP contribution in [0.3, 0.4) is 0 Å². The SMILES string of the molecule is CCCN(C(=N)SC1CC(O)C(O)C(CO)O1)C(=O)OC(C)(C)C. The van der Waals surface area contributed by atoms with Gasteiger partial charge in [0.25, 0.3) is 0 Å². The maximum atomic E-state index is 12.2. The molecule has 0 aromatic heterocycles. The molecule has 4 N–H and O–H groups in total. The first-order valence-electron chi connectivity index (χ1n) is 7.97. The molecule has 4 unspecified atom stereocenters. The summed E-state index contributed by atoms with van der Waals surface area (Å²) in [6.45, 7) is 7.02. The number of hydrogen-bond acceptors (Lipinski definition) is 8. The molecule has 0 aromatic carbocycles. The summed E-state index contributed by atoms with van der Waals surface area (Å²) in [7, 11) is 0. The molecule has 0 aliphatic carbocycles. The molecule has 140 valence electrons. The molecule has 24 heavy (non-hydrogen) atoms. The van der Waals surface area contributed by atoms with Crippen LogP contribution in [0, 0.1) is 5.41 Å². The van der Waals surface area contributed by atoms with Crippen LogP contribution in [0.2, 0.25) is 0 Å². The summed E-state index contributed by atoms with van der Waals surface area (Å²) >= 11 is 0.952. The summed E-state index contributed by atoms with van der Waals surface area (Å²) < 4.78 is 10.8. The van der Waals surface area contributed by atoms with Crippen molar-refractivity contribution in [1.82, 2.24) is 4.90 Å². The normalized spacial score (nSPS) is 27.6. The molecule has 1 aliphatic heterocycles. The number of nitrogens with zero attached hydrogens (tertiary/aromatic N) is 1. The number of nitrogens with one attached hydrogen (secondary N) is 1. The van der Waals surface area contributed by atoms with Gasteiger partial charge in [-0.15, -0.1) is 0 Å². The molecule has 8 nitrogen and oxygen atoms in total. The average Bonchev–Trinajstić information content (AvgIpc) is 2.46. The van der Waals surface area contributed by atoms with Crippen molar-refractivity contribution in [3.8, 4) is 0 Å². The van der Waals surface area contributed by atoms with Gasteiger partial charge < -0.3 is 24.8 Å². The Kier molecular flexibility index (Phi) is 7.94. The second-order valence-corrected chi connectivity index (χ2v) is 7.78. The third-order valence-corrected chi connectivity index (χ3v) is 4.28. The van der Waals surface area contributed by atoms with Crippen LogP contribution < -0.4 is 0 Å². The van der Waals surface area contributed by atoms with Crippen LogP contribution in [0.1, 0.15) is 40.5 Å². The van der Waals surface area contributed by atoms with Crippen molar-refractivity contribution < 1.29 is 29.6 Å². The zero-order valence-electron chi connectivity index (χ0n) is 14.6. The van der Waals surface area contributed by atoms with E-state index in [1.165, 1.54) is 4.90 Å². The van der Waals surface area contributed by atoms with Crippen LogP contribution in [0.15, 0.2) is 0 Å². The van der Waals surface area contributed by atoms with E-state index in [1.54, 1.807) is 20.8 Å². The van der Waals surface area contributed by atoms with E-state index < -0.39 is 42.0 Å². The van der Waals surface area contributed by atoms with E-state index in [9.17, 15) is 20.1 Å². The summed E-state index contributed by atoms with van der Waals surface area (Å²) in [4.78, 5) is 13.5. The molecule has 1 amide bonds. The van der Waals surface area contributed by atoms with Crippen molar-refractivity contribution in [3.63, 3.8) is 0 Å². The lowest BCUT2D eigenvalue weighted by molar-refractivity contribution is -0.156. The number of carbonyl (C=O) groups is 1. The van der Waals surface area contributed by atoms with Crippen LogP contribution in [-0.2, 0) is 9.47 Å². The second kappa shape index (κ2) is 9.00. The predicted molar refractivity (Wildman–Crippen MR) is 90.9 cm³/mol. The monoisotopic (exact) mass is 364 g/mol. The van der Waals surface area contributed by atoms with Gasteiger partial charge in [0.1, 0.15) is 23.2 Å². The highest BCUT2D eigenvalue weighted by atomic mass is 32.2. The van der Waals surface area contributed by atoms with E-state index in [0.717, 1.165) is 11.8 Å². The fourth-order valence-corrected chi connectivity index (χ4v) is 3.18. The Balaban J connectivity index is 2.73. The van der Waals surface area contributed by atoms with E-state index in [2.05, 4.69) is 0 Å². The Morgan fingerprint density at radius 2 is 2.04 bits per heavy atom. The molecule has 0 saturated carbocycles. The topological polar surface area (TPSA) is 123 Å². The van der Waals surface area contributed by atoms with Crippen molar-refractivity contribution in [2.24, 2.45) is 0 Å². The molecule has 0 spiro atoms. The van der Waals surface area contributed by atoms with Gasteiger partial charge in [-0.3, -0.25) is 10.3 Å². The smallest absolute Gasteiger partial charge is 0.416 e. The van der Waals surface area contributed by atoms with E-state index in [4.69, 9.17) is 14.9 Å². The van der Waals surface area contributed by atoms with Crippen molar-refractivity contribution in [2.75, 3.05) is 13.2 Å². The number of ether oxygens (including phenoxy) is 2. The van der Waals surface area contributed by atoms with Gasteiger partial charge in [-0.1, -0.05) is 18.7 Å². The first-order chi connectivity index (χ1) is 11.1. The number of hydrogen-bond donors (Lipinski definition) is 4. The van der Waals surface area contributed by atoms with Gasteiger partial charge in [0, 0.05) is 13.0 Å². The Hall–Kier alpha value is -0.870. The van der Waals surface area contributed by atoms with Gasteiger partial charge in [0.05, 0.1) is 12.7 Å². The first kappa shape index (κ1) is 21.2. The highest BCUT2D eigenvalue weighted by Gasteiger charge is 2.38. The summed E-state index contributed by atoms with van der Waals surface area (Å²) in [5, 5.41) is 36.9. The fraction of sp³-hybridized carbons (Fsp3) is 0.867. The van der Waals surface area contributed by atoms with E-state index in [0.29, 0.717) is 13.0 Å².